The molecule has 0 spiro atoms. The van der Waals surface area contributed by atoms with Crippen LogP contribution < -0.4 is 0 Å². The Labute approximate surface area is 95.0 Å². The van der Waals surface area contributed by atoms with E-state index in [-0.39, 0.29) is 0 Å². The number of rotatable bonds is 4. The summed E-state index contributed by atoms with van der Waals surface area (Å²) < 4.78 is 1.11. The van der Waals surface area contributed by atoms with Crippen LogP contribution in [-0.2, 0) is 0 Å². The number of thiocarbonyl (C=S) groups is 1. The molecule has 1 nitrogen and oxygen atoms in total. The fourth-order valence-corrected chi connectivity index (χ4v) is 12.5. The molecule has 0 aromatic rings. The van der Waals surface area contributed by atoms with E-state index in [2.05, 4.69) is 33.7 Å². The van der Waals surface area contributed by atoms with Gasteiger partial charge in [-0.25, -0.2) is 0 Å². The fraction of sp³-hybridized carbons (Fsp3) is 0.889. The Hall–Kier alpha value is 1.04. The minimum absolute atomic E-state index is 1.11. The molecule has 0 bridgehead atoms. The molecule has 0 heterocycles. The summed E-state index contributed by atoms with van der Waals surface area (Å²) in [6, 6.07) is 0. The second-order valence-corrected chi connectivity index (χ2v) is 27.5. The molecular weight excluding hydrogens is 305 g/mol. The molecule has 0 fully saturated rings. The zero-order valence-corrected chi connectivity index (χ0v) is 13.9. The standard InChI is InChI=1S/C6H13NS2.3CH3.Sn/c1-3-4-5-7(2)6(8)9;;;;/h3-5H2,1-2H3,(H,8,9);3*1H3;/q;;;;+1/p-1. The van der Waals surface area contributed by atoms with Crippen LogP contribution >= 0.6 is 21.2 Å². The van der Waals surface area contributed by atoms with Gasteiger partial charge in [-0.15, -0.1) is 0 Å². The van der Waals surface area contributed by atoms with E-state index in [4.69, 9.17) is 12.2 Å². The quantitative estimate of drug-likeness (QED) is 0.574. The number of hydrogen-bond donors (Lipinski definition) is 0. The summed E-state index contributed by atoms with van der Waals surface area (Å²) in [5, 5.41) is 0. The van der Waals surface area contributed by atoms with Crippen LogP contribution in [-0.4, -0.2) is 39.8 Å². The molecule has 0 aliphatic carbocycles. The van der Waals surface area contributed by atoms with Crippen LogP contribution in [0.1, 0.15) is 19.8 Å². The Morgan fingerprint density at radius 3 is 2.31 bits per heavy atom. The van der Waals surface area contributed by atoms with E-state index in [1.54, 1.807) is 0 Å². The molecule has 0 aromatic heterocycles. The monoisotopic (exact) mass is 327 g/mol. The first-order valence-electron chi connectivity index (χ1n) is 4.81. The third-order valence-electron chi connectivity index (χ3n) is 1.55. The van der Waals surface area contributed by atoms with Crippen molar-refractivity contribution < 1.29 is 0 Å². The molecule has 0 saturated heterocycles. The van der Waals surface area contributed by atoms with Crippen LogP contribution in [0.4, 0.5) is 0 Å². The molecule has 0 rings (SSSR count). The van der Waals surface area contributed by atoms with Crippen molar-refractivity contribution in [3.63, 3.8) is 0 Å². The van der Waals surface area contributed by atoms with Gasteiger partial charge in [0.05, 0.1) is 0 Å². The van der Waals surface area contributed by atoms with E-state index < -0.39 is 17.0 Å². The van der Waals surface area contributed by atoms with Crippen LogP contribution in [0.25, 0.3) is 0 Å². The van der Waals surface area contributed by atoms with Gasteiger partial charge >= 0.3 is 95.6 Å². The third kappa shape index (κ3) is 8.06. The van der Waals surface area contributed by atoms with Gasteiger partial charge in [0.25, 0.3) is 0 Å². The maximum absolute atomic E-state index is 5.38. The van der Waals surface area contributed by atoms with Gasteiger partial charge in [0, 0.05) is 0 Å². The van der Waals surface area contributed by atoms with Gasteiger partial charge in [0.1, 0.15) is 0 Å². The van der Waals surface area contributed by atoms with E-state index in [9.17, 15) is 0 Å². The summed E-state index contributed by atoms with van der Waals surface area (Å²) in [6.45, 7) is 3.33. The summed E-state index contributed by atoms with van der Waals surface area (Å²) in [5.41, 5.74) is 0. The van der Waals surface area contributed by atoms with Crippen molar-refractivity contribution in [2.75, 3.05) is 13.6 Å². The molecule has 0 aliphatic rings. The molecule has 0 N–H and O–H groups in total. The Morgan fingerprint density at radius 1 is 1.38 bits per heavy atom. The first-order valence-corrected chi connectivity index (χ1v) is 18.1. The van der Waals surface area contributed by atoms with Crippen LogP contribution in [0.2, 0.25) is 14.8 Å². The van der Waals surface area contributed by atoms with Gasteiger partial charge in [-0.1, -0.05) is 0 Å². The van der Waals surface area contributed by atoms with Gasteiger partial charge in [0.2, 0.25) is 0 Å². The molecule has 78 valence electrons. The van der Waals surface area contributed by atoms with Crippen molar-refractivity contribution in [3.05, 3.63) is 0 Å². The van der Waals surface area contributed by atoms with Crippen LogP contribution in [0.3, 0.4) is 0 Å². The van der Waals surface area contributed by atoms with E-state index in [1.807, 2.05) is 8.95 Å². The van der Waals surface area contributed by atoms with Crippen LogP contribution in [0.15, 0.2) is 0 Å². The average molecular weight is 326 g/mol. The number of unbranched alkanes of at least 4 members (excludes halogenated alkanes) is 1. The van der Waals surface area contributed by atoms with E-state index in [0.29, 0.717) is 0 Å². The van der Waals surface area contributed by atoms with Gasteiger partial charge in [-0.3, -0.25) is 0 Å². The molecule has 0 unspecified atom stereocenters. The molecular formula is C9H21NS2Sn. The van der Waals surface area contributed by atoms with Crippen molar-refractivity contribution in [1.82, 2.24) is 4.90 Å². The molecule has 0 amide bonds. The summed E-state index contributed by atoms with van der Waals surface area (Å²) in [4.78, 5) is 9.43. The average Bonchev–Trinajstić information content (AvgIpc) is 1.96. The molecule has 0 aliphatic heterocycles. The Kier molecular flexibility index (Phi) is 7.03. The van der Waals surface area contributed by atoms with E-state index >= 15 is 0 Å². The normalized spacial score (nSPS) is 11.5. The van der Waals surface area contributed by atoms with Crippen molar-refractivity contribution in [3.8, 4) is 0 Å². The fourth-order valence-electron chi connectivity index (χ4n) is 0.826. The summed E-state index contributed by atoms with van der Waals surface area (Å²) >= 11 is 3.61. The van der Waals surface area contributed by atoms with Gasteiger partial charge in [-0.2, -0.15) is 0 Å². The van der Waals surface area contributed by atoms with E-state index in [0.717, 1.165) is 10.9 Å². The Morgan fingerprint density at radius 2 is 1.92 bits per heavy atom. The summed E-state index contributed by atoms with van der Waals surface area (Å²) in [5.74, 6) is 0. The molecule has 13 heavy (non-hydrogen) atoms. The van der Waals surface area contributed by atoms with Gasteiger partial charge < -0.3 is 0 Å². The first kappa shape index (κ1) is 14.0. The predicted molar refractivity (Wildman–Crippen MR) is 71.1 cm³/mol. The molecule has 0 atom stereocenters. The zero-order valence-electron chi connectivity index (χ0n) is 9.39. The molecule has 4 heteroatoms. The second-order valence-electron chi connectivity index (χ2n) is 4.26. The molecule has 0 aromatic carbocycles. The van der Waals surface area contributed by atoms with Crippen molar-refractivity contribution >= 4 is 42.5 Å². The maximum atomic E-state index is 5.38. The molecule has 0 radical (unpaired) electrons. The number of nitrogens with zero attached hydrogens (tertiary/aromatic N) is 1. The zero-order chi connectivity index (χ0) is 10.5. The minimum atomic E-state index is -1.77. The van der Waals surface area contributed by atoms with Crippen molar-refractivity contribution in [2.24, 2.45) is 0 Å². The third-order valence-corrected chi connectivity index (χ3v) is 11.4. The van der Waals surface area contributed by atoms with Crippen LogP contribution in [0, 0.1) is 0 Å². The van der Waals surface area contributed by atoms with E-state index in [1.165, 1.54) is 12.8 Å². The van der Waals surface area contributed by atoms with Gasteiger partial charge in [0.15, 0.2) is 0 Å². The predicted octanol–water partition coefficient (Wildman–Crippen LogP) is 3.57. The van der Waals surface area contributed by atoms with Crippen molar-refractivity contribution in [2.45, 2.75) is 34.6 Å². The number of hydrogen-bond acceptors (Lipinski definition) is 2. The van der Waals surface area contributed by atoms with Crippen LogP contribution in [0.5, 0.6) is 0 Å². The topological polar surface area (TPSA) is 3.24 Å². The van der Waals surface area contributed by atoms with Gasteiger partial charge in [-0.05, 0) is 0 Å². The molecule has 0 saturated carbocycles. The van der Waals surface area contributed by atoms with Crippen molar-refractivity contribution in [1.29, 1.82) is 0 Å². The Balaban J connectivity index is 3.83. The summed E-state index contributed by atoms with van der Waals surface area (Å²) in [6.07, 6.45) is 2.49. The Bertz CT molecular complexity index is 165. The summed E-state index contributed by atoms with van der Waals surface area (Å²) in [7, 11) is 4.10. The first-order chi connectivity index (χ1) is 5.87. The second kappa shape index (κ2) is 6.51. The SMILES string of the molecule is CCCCN(C)C(=S)[S][Sn]([CH3])([CH3])[CH3].